The van der Waals surface area contributed by atoms with Crippen LogP contribution < -0.4 is 0 Å². The van der Waals surface area contributed by atoms with E-state index < -0.39 is 79.7 Å². The quantitative estimate of drug-likeness (QED) is 0.270. The molecule has 2 aliphatic heterocycles. The summed E-state index contributed by atoms with van der Waals surface area (Å²) in [6, 6.07) is 6.19. The van der Waals surface area contributed by atoms with E-state index in [4.69, 9.17) is 28.4 Å². The molecule has 3 rings (SSSR count). The molecular formula is C23H25NO12. The van der Waals surface area contributed by atoms with Crippen molar-refractivity contribution in [3.8, 4) is 0 Å². The molecule has 1 aromatic carbocycles. The van der Waals surface area contributed by atoms with Crippen molar-refractivity contribution in [1.29, 1.82) is 0 Å². The van der Waals surface area contributed by atoms with E-state index in [1.165, 1.54) is 12.1 Å². The zero-order chi connectivity index (χ0) is 26.6. The molecule has 0 radical (unpaired) electrons. The van der Waals surface area contributed by atoms with Crippen molar-refractivity contribution in [3.63, 3.8) is 0 Å². The molecule has 1 fully saturated rings. The van der Waals surface area contributed by atoms with Gasteiger partial charge in [-0.05, 0) is 12.1 Å². The summed E-state index contributed by atoms with van der Waals surface area (Å²) in [6.07, 6.45) is -7.00. The van der Waals surface area contributed by atoms with Crippen molar-refractivity contribution in [3.05, 3.63) is 35.4 Å². The summed E-state index contributed by atoms with van der Waals surface area (Å²) in [5.74, 6) is -4.28. The third-order valence-corrected chi connectivity index (χ3v) is 5.19. The number of nitrogens with zero attached hydrogens (tertiary/aromatic N) is 1. The molecule has 5 atom stereocenters. The Kier molecular flexibility index (Phi) is 8.37. The molecule has 1 aromatic rings. The number of ether oxygens (including phenoxy) is 6. The van der Waals surface area contributed by atoms with E-state index in [1.54, 1.807) is 12.1 Å². The third-order valence-electron chi connectivity index (χ3n) is 5.19. The maximum Gasteiger partial charge on any atom is 0.303 e. The van der Waals surface area contributed by atoms with Gasteiger partial charge < -0.3 is 28.4 Å². The van der Waals surface area contributed by atoms with Crippen LogP contribution in [-0.2, 0) is 47.6 Å². The number of esters is 4. The molecule has 194 valence electrons. The molecule has 2 heterocycles. The van der Waals surface area contributed by atoms with E-state index in [0.29, 0.717) is 0 Å². The fraction of sp³-hybridized carbons (Fsp3) is 0.478. The third kappa shape index (κ3) is 6.04. The predicted molar refractivity (Wildman–Crippen MR) is 115 cm³/mol. The Bertz CT molecular complexity index is 1030. The van der Waals surface area contributed by atoms with Crippen molar-refractivity contribution in [2.75, 3.05) is 13.3 Å². The first-order valence-corrected chi connectivity index (χ1v) is 10.9. The van der Waals surface area contributed by atoms with Crippen LogP contribution in [0.1, 0.15) is 48.4 Å². The summed E-state index contributed by atoms with van der Waals surface area (Å²) in [4.78, 5) is 73.1. The molecule has 2 aliphatic rings. The highest BCUT2D eigenvalue weighted by atomic mass is 16.7. The minimum Gasteiger partial charge on any atom is -0.463 e. The van der Waals surface area contributed by atoms with Gasteiger partial charge in [0.2, 0.25) is 6.29 Å². The van der Waals surface area contributed by atoms with Gasteiger partial charge in [0.25, 0.3) is 11.8 Å². The van der Waals surface area contributed by atoms with Crippen LogP contribution >= 0.6 is 0 Å². The molecule has 0 aromatic heterocycles. The summed E-state index contributed by atoms with van der Waals surface area (Å²) < 4.78 is 32.3. The first kappa shape index (κ1) is 26.8. The fourth-order valence-electron chi connectivity index (χ4n) is 3.83. The minimum absolute atomic E-state index is 0.188. The molecule has 0 aliphatic carbocycles. The van der Waals surface area contributed by atoms with Gasteiger partial charge in [-0.15, -0.1) is 0 Å². The summed E-state index contributed by atoms with van der Waals surface area (Å²) in [5.41, 5.74) is 0.375. The summed E-state index contributed by atoms with van der Waals surface area (Å²) >= 11 is 0. The smallest absolute Gasteiger partial charge is 0.303 e. The number of carbonyl (C=O) groups excluding carboxylic acids is 6. The lowest BCUT2D eigenvalue weighted by Crippen LogP contribution is -2.63. The zero-order valence-electron chi connectivity index (χ0n) is 20.0. The number of fused-ring (bicyclic) bond motifs is 1. The molecule has 0 saturated carbocycles. The Morgan fingerprint density at radius 2 is 1.28 bits per heavy atom. The molecule has 0 unspecified atom stereocenters. The molecular weight excluding hydrogens is 482 g/mol. The van der Waals surface area contributed by atoms with Crippen molar-refractivity contribution < 1.29 is 57.2 Å². The second-order valence-electron chi connectivity index (χ2n) is 7.95. The van der Waals surface area contributed by atoms with Crippen LogP contribution in [0, 0.1) is 0 Å². The van der Waals surface area contributed by atoms with E-state index in [0.717, 1.165) is 32.6 Å². The lowest BCUT2D eigenvalue weighted by atomic mass is 9.98. The highest BCUT2D eigenvalue weighted by Gasteiger charge is 2.53. The van der Waals surface area contributed by atoms with Gasteiger partial charge in [0, 0.05) is 27.7 Å². The van der Waals surface area contributed by atoms with Gasteiger partial charge >= 0.3 is 23.9 Å². The van der Waals surface area contributed by atoms with Crippen molar-refractivity contribution >= 4 is 35.7 Å². The van der Waals surface area contributed by atoms with Gasteiger partial charge in [0.1, 0.15) is 19.4 Å². The fourth-order valence-corrected chi connectivity index (χ4v) is 3.83. The maximum absolute atomic E-state index is 12.7. The topological polar surface area (TPSA) is 161 Å². The number of amides is 2. The highest BCUT2D eigenvalue weighted by molar-refractivity contribution is 6.21. The average molecular weight is 507 g/mol. The van der Waals surface area contributed by atoms with Crippen LogP contribution in [0.15, 0.2) is 24.3 Å². The van der Waals surface area contributed by atoms with Crippen molar-refractivity contribution in [2.24, 2.45) is 0 Å². The summed E-state index contributed by atoms with van der Waals surface area (Å²) in [7, 11) is 0. The molecule has 1 saturated heterocycles. The van der Waals surface area contributed by atoms with E-state index in [1.807, 2.05) is 0 Å². The SMILES string of the molecule is CC(=O)OC[C@H]1O[C@H](OCN2C(=O)c3ccccc3C2=O)[C@@H](OC(C)=O)[C@@H](OC(C)=O)[C@@H]1OC(C)=O. The largest absolute Gasteiger partial charge is 0.463 e. The van der Waals surface area contributed by atoms with Crippen LogP contribution in [0.5, 0.6) is 0 Å². The first-order chi connectivity index (χ1) is 17.0. The van der Waals surface area contributed by atoms with E-state index in [-0.39, 0.29) is 11.1 Å². The first-order valence-electron chi connectivity index (χ1n) is 10.9. The number of hydrogen-bond acceptors (Lipinski definition) is 12. The van der Waals surface area contributed by atoms with Crippen LogP contribution in [-0.4, -0.2) is 84.6 Å². The monoisotopic (exact) mass is 507 g/mol. The zero-order valence-corrected chi connectivity index (χ0v) is 20.0. The number of hydrogen-bond donors (Lipinski definition) is 0. The van der Waals surface area contributed by atoms with Gasteiger partial charge in [0.15, 0.2) is 18.3 Å². The normalized spacial score (nSPS) is 25.1. The number of rotatable bonds is 8. The van der Waals surface area contributed by atoms with Crippen LogP contribution in [0.4, 0.5) is 0 Å². The van der Waals surface area contributed by atoms with Gasteiger partial charge in [-0.3, -0.25) is 28.8 Å². The number of carbonyl (C=O) groups is 6. The molecule has 2 amide bonds. The lowest BCUT2D eigenvalue weighted by molar-refractivity contribution is -0.311. The predicted octanol–water partition coefficient (Wildman–Crippen LogP) is 0.340. The number of imide groups is 1. The Morgan fingerprint density at radius 1 is 0.778 bits per heavy atom. The highest BCUT2D eigenvalue weighted by Crippen LogP contribution is 2.31. The van der Waals surface area contributed by atoms with Crippen LogP contribution in [0.25, 0.3) is 0 Å². The van der Waals surface area contributed by atoms with Gasteiger partial charge in [-0.25, -0.2) is 4.90 Å². The Labute approximate surface area is 205 Å². The summed E-state index contributed by atoms with van der Waals surface area (Å²) in [5, 5.41) is 0. The number of benzene rings is 1. The maximum atomic E-state index is 12.7. The molecule has 13 heteroatoms. The van der Waals surface area contributed by atoms with Crippen molar-refractivity contribution in [2.45, 2.75) is 58.4 Å². The van der Waals surface area contributed by atoms with E-state index in [2.05, 4.69) is 0 Å². The van der Waals surface area contributed by atoms with E-state index in [9.17, 15) is 28.8 Å². The van der Waals surface area contributed by atoms with Gasteiger partial charge in [-0.1, -0.05) is 12.1 Å². The van der Waals surface area contributed by atoms with E-state index >= 15 is 0 Å². The van der Waals surface area contributed by atoms with Crippen LogP contribution in [0.3, 0.4) is 0 Å². The van der Waals surface area contributed by atoms with Crippen molar-refractivity contribution in [1.82, 2.24) is 4.90 Å². The van der Waals surface area contributed by atoms with Crippen LogP contribution in [0.2, 0.25) is 0 Å². The Hall–Kier alpha value is -3.84. The Morgan fingerprint density at radius 3 is 1.78 bits per heavy atom. The lowest BCUT2D eigenvalue weighted by Gasteiger charge is -2.44. The molecule has 36 heavy (non-hydrogen) atoms. The molecule has 0 spiro atoms. The molecule has 0 bridgehead atoms. The second-order valence-corrected chi connectivity index (χ2v) is 7.95. The van der Waals surface area contributed by atoms with Gasteiger partial charge in [0.05, 0.1) is 11.1 Å². The Balaban J connectivity index is 1.89. The second kappa shape index (κ2) is 11.3. The van der Waals surface area contributed by atoms with Gasteiger partial charge in [-0.2, -0.15) is 0 Å². The summed E-state index contributed by atoms with van der Waals surface area (Å²) in [6.45, 7) is 3.36. The molecule has 0 N–H and O–H groups in total. The standard InChI is InChI=1S/C23H25NO12/c1-11(25)31-9-17-18(33-12(2)26)19(34-13(3)27)20(35-14(4)28)23(36-17)32-10-24-21(29)15-7-5-6-8-16(15)22(24)30/h5-8,17-20,23H,9-10H2,1-4H3/t17-,18-,19+,20+,23+/m1/s1. The minimum atomic E-state index is -1.52. The average Bonchev–Trinajstić information content (AvgIpc) is 3.03. The molecule has 13 nitrogen and oxygen atoms in total.